The van der Waals surface area contributed by atoms with Crippen LogP contribution in [0.4, 0.5) is 4.39 Å². The van der Waals surface area contributed by atoms with E-state index in [4.69, 9.17) is 15.7 Å². The molecule has 7 heteroatoms. The number of carbonyl (C=O) groups excluding carboxylic acids is 1. The van der Waals surface area contributed by atoms with Crippen LogP contribution >= 0.6 is 12.4 Å². The largest absolute Gasteiger partial charge is 0.372 e. The first-order valence-electron chi connectivity index (χ1n) is 7.28. The Morgan fingerprint density at radius 1 is 1.52 bits per heavy atom. The summed E-state index contributed by atoms with van der Waals surface area (Å²) in [5.41, 5.74) is 6.90. The van der Waals surface area contributed by atoms with Gasteiger partial charge in [0.25, 0.3) is 0 Å². The van der Waals surface area contributed by atoms with Crippen LogP contribution in [-0.4, -0.2) is 41.7 Å². The van der Waals surface area contributed by atoms with Crippen LogP contribution in [0.25, 0.3) is 0 Å². The van der Waals surface area contributed by atoms with Crippen molar-refractivity contribution in [3.63, 3.8) is 0 Å². The summed E-state index contributed by atoms with van der Waals surface area (Å²) in [6.45, 7) is 1.97. The third-order valence-corrected chi connectivity index (χ3v) is 3.83. The Morgan fingerprint density at radius 3 is 2.78 bits per heavy atom. The monoisotopic (exact) mass is 341 g/mol. The molecule has 0 saturated carbocycles. The fourth-order valence-corrected chi connectivity index (χ4v) is 2.45. The van der Waals surface area contributed by atoms with Crippen LogP contribution in [0, 0.1) is 11.3 Å². The molecule has 2 rings (SSSR count). The topological polar surface area (TPSA) is 79.3 Å². The highest BCUT2D eigenvalue weighted by Crippen LogP contribution is 2.21. The lowest BCUT2D eigenvalue weighted by Gasteiger charge is -2.26. The van der Waals surface area contributed by atoms with Gasteiger partial charge in [-0.05, 0) is 12.5 Å². The summed E-state index contributed by atoms with van der Waals surface area (Å²) in [7, 11) is 0. The van der Waals surface area contributed by atoms with E-state index in [9.17, 15) is 9.18 Å². The molecule has 5 nitrogen and oxygen atoms in total. The lowest BCUT2D eigenvalue weighted by atomic mass is 10.1. The molecule has 1 saturated heterocycles. The normalized spacial score (nSPS) is 22.8. The summed E-state index contributed by atoms with van der Waals surface area (Å²) in [6.07, 6.45) is -1.64. The number of likely N-dealkylation sites (tertiary alicyclic amines) is 1. The molecule has 1 aliphatic rings. The summed E-state index contributed by atoms with van der Waals surface area (Å²) in [4.78, 5) is 13.5. The molecule has 0 aliphatic carbocycles. The second kappa shape index (κ2) is 8.82. The van der Waals surface area contributed by atoms with Crippen molar-refractivity contribution in [2.45, 2.75) is 44.3 Å². The van der Waals surface area contributed by atoms with Gasteiger partial charge < -0.3 is 15.4 Å². The van der Waals surface area contributed by atoms with Gasteiger partial charge in [-0.15, -0.1) is 12.4 Å². The number of benzene rings is 1. The SMILES string of the molecule is C[C@@H](OCc1ccccc1)[C@H](N)C(=O)N1C[C@@H](F)C[C@H]1C#N.Cl. The van der Waals surface area contributed by atoms with Gasteiger partial charge in [-0.1, -0.05) is 30.3 Å². The van der Waals surface area contributed by atoms with Crippen molar-refractivity contribution in [3.05, 3.63) is 35.9 Å². The van der Waals surface area contributed by atoms with Gasteiger partial charge in [-0.3, -0.25) is 4.79 Å². The number of rotatable bonds is 5. The van der Waals surface area contributed by atoms with Crippen LogP contribution in [0.3, 0.4) is 0 Å². The first-order valence-corrected chi connectivity index (χ1v) is 7.28. The molecule has 0 radical (unpaired) electrons. The molecule has 4 atom stereocenters. The maximum absolute atomic E-state index is 13.4. The smallest absolute Gasteiger partial charge is 0.243 e. The fourth-order valence-electron chi connectivity index (χ4n) is 2.45. The molecule has 126 valence electrons. The highest BCUT2D eigenvalue weighted by molar-refractivity contribution is 5.85. The van der Waals surface area contributed by atoms with E-state index in [1.165, 1.54) is 4.90 Å². The molecule has 1 aromatic carbocycles. The number of amides is 1. The Kier molecular flexibility index (Phi) is 7.43. The molecule has 1 aromatic rings. The molecule has 0 spiro atoms. The average Bonchev–Trinajstić information content (AvgIpc) is 2.93. The van der Waals surface area contributed by atoms with Gasteiger partial charge in [0, 0.05) is 6.42 Å². The number of nitriles is 1. The minimum Gasteiger partial charge on any atom is -0.372 e. The molecular weight excluding hydrogens is 321 g/mol. The van der Waals surface area contributed by atoms with Gasteiger partial charge in [0.15, 0.2) is 0 Å². The van der Waals surface area contributed by atoms with Crippen LogP contribution in [0.5, 0.6) is 0 Å². The average molecular weight is 342 g/mol. The number of alkyl halides is 1. The minimum atomic E-state index is -1.17. The molecule has 1 fully saturated rings. The molecule has 23 heavy (non-hydrogen) atoms. The highest BCUT2D eigenvalue weighted by Gasteiger charge is 2.38. The number of hydrogen-bond donors (Lipinski definition) is 1. The molecule has 1 heterocycles. The number of ether oxygens (including phenoxy) is 1. The summed E-state index contributed by atoms with van der Waals surface area (Å²) in [5.74, 6) is -0.438. The summed E-state index contributed by atoms with van der Waals surface area (Å²) in [5, 5.41) is 8.99. The van der Waals surface area contributed by atoms with Crippen molar-refractivity contribution in [3.8, 4) is 6.07 Å². The summed E-state index contributed by atoms with van der Waals surface area (Å²) >= 11 is 0. The number of carbonyl (C=O) groups is 1. The van der Waals surface area contributed by atoms with E-state index < -0.39 is 30.3 Å². The Morgan fingerprint density at radius 2 is 2.17 bits per heavy atom. The van der Waals surface area contributed by atoms with E-state index in [1.54, 1.807) is 6.92 Å². The van der Waals surface area contributed by atoms with Gasteiger partial charge in [0.05, 0.1) is 25.3 Å². The molecule has 2 N–H and O–H groups in total. The van der Waals surface area contributed by atoms with E-state index in [1.807, 2.05) is 36.4 Å². The fraction of sp³-hybridized carbons (Fsp3) is 0.500. The molecule has 0 aromatic heterocycles. The quantitative estimate of drug-likeness (QED) is 0.885. The summed E-state index contributed by atoms with van der Waals surface area (Å²) < 4.78 is 19.0. The van der Waals surface area contributed by atoms with Crippen molar-refractivity contribution in [1.29, 1.82) is 5.26 Å². The standard InChI is InChI=1S/C16H20FN3O2.ClH/c1-11(22-10-12-5-3-2-4-6-12)15(19)16(21)20-9-13(17)7-14(20)8-18;/h2-6,11,13-15H,7,9-10,19H2,1H3;1H/t11-,13+,14+,15+;/m1./s1. The number of nitrogens with zero attached hydrogens (tertiary/aromatic N) is 2. The third kappa shape index (κ3) is 4.90. The minimum absolute atomic E-state index is 0. The lowest BCUT2D eigenvalue weighted by Crippen LogP contribution is -2.51. The van der Waals surface area contributed by atoms with Crippen molar-refractivity contribution in [2.24, 2.45) is 5.73 Å². The molecule has 0 bridgehead atoms. The lowest BCUT2D eigenvalue weighted by molar-refractivity contribution is -0.136. The van der Waals surface area contributed by atoms with Gasteiger partial charge in [0.1, 0.15) is 18.3 Å². The van der Waals surface area contributed by atoms with E-state index in [0.29, 0.717) is 6.61 Å². The van der Waals surface area contributed by atoms with E-state index in [-0.39, 0.29) is 25.4 Å². The Bertz CT molecular complexity index is 552. The predicted octanol–water partition coefficient (Wildman–Crippen LogP) is 1.80. The number of halogens is 2. The van der Waals surface area contributed by atoms with Crippen molar-refractivity contribution < 1.29 is 13.9 Å². The first kappa shape index (κ1) is 19.4. The zero-order valence-corrected chi connectivity index (χ0v) is 13.7. The first-order chi connectivity index (χ1) is 10.5. The Labute approximate surface area is 141 Å². The maximum atomic E-state index is 13.4. The zero-order chi connectivity index (χ0) is 16.1. The Hall–Kier alpha value is -1.68. The Balaban J connectivity index is 0.00000264. The van der Waals surface area contributed by atoms with Gasteiger partial charge in [-0.25, -0.2) is 4.39 Å². The van der Waals surface area contributed by atoms with Crippen LogP contribution in [0.1, 0.15) is 18.9 Å². The van der Waals surface area contributed by atoms with E-state index in [2.05, 4.69) is 0 Å². The maximum Gasteiger partial charge on any atom is 0.243 e. The van der Waals surface area contributed by atoms with Crippen molar-refractivity contribution in [1.82, 2.24) is 4.90 Å². The van der Waals surface area contributed by atoms with Crippen LogP contribution in [-0.2, 0) is 16.1 Å². The van der Waals surface area contributed by atoms with Crippen molar-refractivity contribution in [2.75, 3.05) is 6.54 Å². The van der Waals surface area contributed by atoms with E-state index in [0.717, 1.165) is 5.56 Å². The van der Waals surface area contributed by atoms with Crippen molar-refractivity contribution >= 4 is 18.3 Å². The van der Waals surface area contributed by atoms with Crippen LogP contribution in [0.2, 0.25) is 0 Å². The predicted molar refractivity (Wildman–Crippen MR) is 86.5 cm³/mol. The van der Waals surface area contributed by atoms with Crippen LogP contribution < -0.4 is 5.73 Å². The molecular formula is C16H21ClFN3O2. The van der Waals surface area contributed by atoms with Crippen LogP contribution in [0.15, 0.2) is 30.3 Å². The molecule has 0 unspecified atom stereocenters. The van der Waals surface area contributed by atoms with Gasteiger partial charge >= 0.3 is 0 Å². The molecule has 1 amide bonds. The second-order valence-electron chi connectivity index (χ2n) is 5.50. The number of hydrogen-bond acceptors (Lipinski definition) is 4. The third-order valence-electron chi connectivity index (χ3n) is 3.83. The number of nitrogens with two attached hydrogens (primary N) is 1. The second-order valence-corrected chi connectivity index (χ2v) is 5.50. The highest BCUT2D eigenvalue weighted by atomic mass is 35.5. The summed E-state index contributed by atoms with van der Waals surface area (Å²) in [6, 6.07) is 9.83. The molecule has 1 aliphatic heterocycles. The zero-order valence-electron chi connectivity index (χ0n) is 12.9. The van der Waals surface area contributed by atoms with Gasteiger partial charge in [-0.2, -0.15) is 5.26 Å². The van der Waals surface area contributed by atoms with E-state index >= 15 is 0 Å². The van der Waals surface area contributed by atoms with Gasteiger partial charge in [0.2, 0.25) is 5.91 Å².